The fourth-order valence-corrected chi connectivity index (χ4v) is 2.54. The van der Waals surface area contributed by atoms with E-state index >= 15 is 0 Å². The minimum atomic E-state index is -0.504. The highest BCUT2D eigenvalue weighted by atomic mass is 79.9. The van der Waals surface area contributed by atoms with Gasteiger partial charge in [-0.2, -0.15) is 0 Å². The molecule has 0 aromatic heterocycles. The summed E-state index contributed by atoms with van der Waals surface area (Å²) < 4.78 is 5.97. The van der Waals surface area contributed by atoms with E-state index in [2.05, 4.69) is 22.0 Å². The highest BCUT2D eigenvalue weighted by molar-refractivity contribution is 9.10. The van der Waals surface area contributed by atoms with Crippen molar-refractivity contribution in [1.29, 1.82) is 0 Å². The van der Waals surface area contributed by atoms with Crippen LogP contribution in [0.2, 0.25) is 0 Å². The molecule has 0 atom stereocenters. The lowest BCUT2D eigenvalue weighted by Crippen LogP contribution is -2.31. The summed E-state index contributed by atoms with van der Waals surface area (Å²) in [7, 11) is 1.70. The molecule has 0 fully saturated rings. The van der Waals surface area contributed by atoms with Crippen molar-refractivity contribution in [3.05, 3.63) is 69.2 Å². The topological polar surface area (TPSA) is 46.6 Å². The summed E-state index contributed by atoms with van der Waals surface area (Å²) >= 11 is 3.30. The zero-order valence-electron chi connectivity index (χ0n) is 14.0. The van der Waals surface area contributed by atoms with Gasteiger partial charge in [-0.15, -0.1) is 0 Å². The number of halogens is 1. The lowest BCUT2D eigenvalue weighted by atomic mass is 10.1. The molecule has 2 rings (SSSR count). The standard InChI is InChI=1S/C19H20BrNO3/c1-13-4-5-16(14(2)10-13)11-21(3)18(22)12-24-19(23)15-6-8-17(20)9-7-15/h4-10H,11-12H2,1-3H3. The van der Waals surface area contributed by atoms with E-state index in [1.165, 1.54) is 5.56 Å². The Morgan fingerprint density at radius 2 is 1.75 bits per heavy atom. The van der Waals surface area contributed by atoms with E-state index in [0.29, 0.717) is 12.1 Å². The van der Waals surface area contributed by atoms with Crippen LogP contribution in [-0.2, 0) is 16.1 Å². The van der Waals surface area contributed by atoms with Gasteiger partial charge in [0.2, 0.25) is 0 Å². The second-order valence-electron chi connectivity index (χ2n) is 5.76. The summed E-state index contributed by atoms with van der Waals surface area (Å²) in [5, 5.41) is 0. The maximum absolute atomic E-state index is 12.2. The second kappa shape index (κ2) is 8.11. The molecule has 5 heteroatoms. The van der Waals surface area contributed by atoms with Crippen LogP contribution in [0.25, 0.3) is 0 Å². The Morgan fingerprint density at radius 1 is 1.08 bits per heavy atom. The van der Waals surface area contributed by atoms with Gasteiger partial charge in [-0.25, -0.2) is 4.79 Å². The first-order valence-corrected chi connectivity index (χ1v) is 8.39. The number of nitrogens with zero attached hydrogens (tertiary/aromatic N) is 1. The van der Waals surface area contributed by atoms with Gasteiger partial charge in [0, 0.05) is 18.1 Å². The van der Waals surface area contributed by atoms with Crippen molar-refractivity contribution in [3.8, 4) is 0 Å². The number of hydrogen-bond acceptors (Lipinski definition) is 3. The highest BCUT2D eigenvalue weighted by Gasteiger charge is 2.14. The molecule has 0 spiro atoms. The Bertz CT molecular complexity index is 741. The number of hydrogen-bond donors (Lipinski definition) is 0. The first kappa shape index (κ1) is 18.2. The normalized spacial score (nSPS) is 10.3. The highest BCUT2D eigenvalue weighted by Crippen LogP contribution is 2.13. The van der Waals surface area contributed by atoms with E-state index in [0.717, 1.165) is 15.6 Å². The average Bonchev–Trinajstić information content (AvgIpc) is 2.55. The lowest BCUT2D eigenvalue weighted by Gasteiger charge is -2.18. The van der Waals surface area contributed by atoms with Crippen LogP contribution in [-0.4, -0.2) is 30.4 Å². The lowest BCUT2D eigenvalue weighted by molar-refractivity contribution is -0.133. The molecule has 1 amide bonds. The number of benzene rings is 2. The Hall–Kier alpha value is -2.14. The number of aryl methyl sites for hydroxylation is 2. The summed E-state index contributed by atoms with van der Waals surface area (Å²) in [6.45, 7) is 4.28. The number of rotatable bonds is 5. The molecule has 4 nitrogen and oxygen atoms in total. The van der Waals surface area contributed by atoms with Crippen molar-refractivity contribution in [3.63, 3.8) is 0 Å². The van der Waals surface area contributed by atoms with Gasteiger partial charge < -0.3 is 9.64 Å². The van der Waals surface area contributed by atoms with Crippen LogP contribution in [0.5, 0.6) is 0 Å². The Kier molecular flexibility index (Phi) is 6.15. The summed E-state index contributed by atoms with van der Waals surface area (Å²) in [5.41, 5.74) is 3.83. The molecule has 0 aliphatic carbocycles. The van der Waals surface area contributed by atoms with Gasteiger partial charge in [-0.05, 0) is 49.2 Å². The first-order chi connectivity index (χ1) is 11.4. The maximum atomic E-state index is 12.2. The van der Waals surface area contributed by atoms with Crippen LogP contribution in [0.3, 0.4) is 0 Å². The summed E-state index contributed by atoms with van der Waals surface area (Å²) in [6, 6.07) is 12.9. The van der Waals surface area contributed by atoms with Crippen molar-refractivity contribution in [1.82, 2.24) is 4.90 Å². The van der Waals surface area contributed by atoms with Crippen LogP contribution >= 0.6 is 15.9 Å². The summed E-state index contributed by atoms with van der Waals surface area (Å²) in [5.74, 6) is -0.740. The van der Waals surface area contributed by atoms with Crippen LogP contribution < -0.4 is 0 Å². The molecule has 0 bridgehead atoms. The predicted octanol–water partition coefficient (Wildman–Crippen LogP) is 3.88. The minimum absolute atomic E-state index is 0.236. The quantitative estimate of drug-likeness (QED) is 0.728. The van der Waals surface area contributed by atoms with Crippen LogP contribution in [0.15, 0.2) is 46.9 Å². The largest absolute Gasteiger partial charge is 0.452 e. The van der Waals surface area contributed by atoms with Crippen LogP contribution in [0, 0.1) is 13.8 Å². The van der Waals surface area contributed by atoms with Crippen molar-refractivity contribution in [2.75, 3.05) is 13.7 Å². The maximum Gasteiger partial charge on any atom is 0.338 e. The Balaban J connectivity index is 1.89. The van der Waals surface area contributed by atoms with E-state index in [-0.39, 0.29) is 12.5 Å². The van der Waals surface area contributed by atoms with E-state index < -0.39 is 5.97 Å². The molecule has 0 radical (unpaired) electrons. The first-order valence-electron chi connectivity index (χ1n) is 7.59. The number of ether oxygens (including phenoxy) is 1. The molecular formula is C19H20BrNO3. The number of amides is 1. The zero-order valence-corrected chi connectivity index (χ0v) is 15.6. The third-order valence-electron chi connectivity index (χ3n) is 3.74. The van der Waals surface area contributed by atoms with E-state index in [1.807, 2.05) is 26.0 Å². The van der Waals surface area contributed by atoms with Crippen LogP contribution in [0.1, 0.15) is 27.0 Å². The number of carbonyl (C=O) groups excluding carboxylic acids is 2. The fourth-order valence-electron chi connectivity index (χ4n) is 2.27. The smallest absolute Gasteiger partial charge is 0.338 e. The average molecular weight is 390 g/mol. The number of likely N-dealkylation sites (N-methyl/N-ethyl adjacent to an activating group) is 1. The third kappa shape index (κ3) is 4.93. The Labute approximate surface area is 150 Å². The van der Waals surface area contributed by atoms with E-state index in [1.54, 1.807) is 36.2 Å². The predicted molar refractivity (Wildman–Crippen MR) is 96.8 cm³/mol. The van der Waals surface area contributed by atoms with Gasteiger partial charge in [-0.1, -0.05) is 39.7 Å². The number of carbonyl (C=O) groups is 2. The van der Waals surface area contributed by atoms with Crippen molar-refractivity contribution >= 4 is 27.8 Å². The molecule has 0 unspecified atom stereocenters. The minimum Gasteiger partial charge on any atom is -0.452 e. The van der Waals surface area contributed by atoms with Crippen LogP contribution in [0.4, 0.5) is 0 Å². The van der Waals surface area contributed by atoms with Gasteiger partial charge in [0.15, 0.2) is 6.61 Å². The molecule has 2 aromatic carbocycles. The zero-order chi connectivity index (χ0) is 17.7. The Morgan fingerprint density at radius 3 is 2.38 bits per heavy atom. The van der Waals surface area contributed by atoms with Gasteiger partial charge in [0.05, 0.1) is 5.56 Å². The number of esters is 1. The molecule has 0 aliphatic rings. The molecule has 126 valence electrons. The van der Waals surface area contributed by atoms with Crippen molar-refractivity contribution < 1.29 is 14.3 Å². The van der Waals surface area contributed by atoms with Crippen molar-refractivity contribution in [2.45, 2.75) is 20.4 Å². The van der Waals surface area contributed by atoms with E-state index in [4.69, 9.17) is 4.74 Å². The SMILES string of the molecule is Cc1ccc(CN(C)C(=O)COC(=O)c2ccc(Br)cc2)c(C)c1. The molecular weight excluding hydrogens is 370 g/mol. The summed E-state index contributed by atoms with van der Waals surface area (Å²) in [6.07, 6.45) is 0. The van der Waals surface area contributed by atoms with Gasteiger partial charge in [0.1, 0.15) is 0 Å². The molecule has 0 aliphatic heterocycles. The molecule has 0 saturated carbocycles. The fraction of sp³-hybridized carbons (Fsp3) is 0.263. The molecule has 0 saturated heterocycles. The molecule has 24 heavy (non-hydrogen) atoms. The van der Waals surface area contributed by atoms with Crippen molar-refractivity contribution in [2.24, 2.45) is 0 Å². The summed E-state index contributed by atoms with van der Waals surface area (Å²) in [4.78, 5) is 25.6. The van der Waals surface area contributed by atoms with E-state index in [9.17, 15) is 9.59 Å². The van der Waals surface area contributed by atoms with Gasteiger partial charge in [-0.3, -0.25) is 4.79 Å². The molecule has 2 aromatic rings. The van der Waals surface area contributed by atoms with Gasteiger partial charge in [0.25, 0.3) is 5.91 Å². The molecule has 0 N–H and O–H groups in total. The monoisotopic (exact) mass is 389 g/mol. The van der Waals surface area contributed by atoms with Gasteiger partial charge >= 0.3 is 5.97 Å². The second-order valence-corrected chi connectivity index (χ2v) is 6.68. The molecule has 0 heterocycles. The third-order valence-corrected chi connectivity index (χ3v) is 4.27.